The highest BCUT2D eigenvalue weighted by molar-refractivity contribution is 6.09. The molecule has 0 aliphatic carbocycles. The summed E-state index contributed by atoms with van der Waals surface area (Å²) in [4.78, 5) is 52.3. The van der Waals surface area contributed by atoms with E-state index in [-0.39, 0.29) is 11.3 Å². The maximum Gasteiger partial charge on any atom is 0.305 e. The number of aliphatic carboxylic acids is 1. The van der Waals surface area contributed by atoms with E-state index in [1.165, 1.54) is 24.4 Å². The van der Waals surface area contributed by atoms with Crippen molar-refractivity contribution in [2.75, 3.05) is 37.8 Å². The lowest BCUT2D eigenvalue weighted by molar-refractivity contribution is -0.384. The van der Waals surface area contributed by atoms with Gasteiger partial charge in [0.25, 0.3) is 11.6 Å². The quantitative estimate of drug-likeness (QED) is 0.402. The molecular formula is C19H20FN5O6. The number of carbonyl (C=O) groups is 3. The Morgan fingerprint density at radius 1 is 1.32 bits per heavy atom. The van der Waals surface area contributed by atoms with Crippen LogP contribution in [-0.2, 0) is 9.59 Å². The minimum atomic E-state index is -1.53. The fourth-order valence-electron chi connectivity index (χ4n) is 3.43. The average molecular weight is 433 g/mol. The van der Waals surface area contributed by atoms with Crippen LogP contribution in [0.5, 0.6) is 0 Å². The van der Waals surface area contributed by atoms with E-state index in [4.69, 9.17) is 5.11 Å². The first-order valence-electron chi connectivity index (χ1n) is 9.46. The molecular weight excluding hydrogens is 413 g/mol. The largest absolute Gasteiger partial charge is 0.481 e. The molecule has 1 aromatic heterocycles. The van der Waals surface area contributed by atoms with Crippen LogP contribution in [0.1, 0.15) is 16.8 Å². The van der Waals surface area contributed by atoms with Crippen LogP contribution in [0, 0.1) is 10.1 Å². The number of fused-ring (bicyclic) bond motifs is 1. The number of anilines is 1. The number of pyridine rings is 1. The summed E-state index contributed by atoms with van der Waals surface area (Å²) in [6.45, 7) is 0.943. The molecule has 1 aliphatic heterocycles. The lowest BCUT2D eigenvalue weighted by Gasteiger charge is -2.32. The number of amides is 1. The number of nitrogens with one attached hydrogen (secondary N) is 2. The molecule has 1 aliphatic rings. The van der Waals surface area contributed by atoms with Crippen molar-refractivity contribution in [1.29, 1.82) is 0 Å². The molecule has 31 heavy (non-hydrogen) atoms. The number of benzene rings is 1. The van der Waals surface area contributed by atoms with Gasteiger partial charge in [0.2, 0.25) is 0 Å². The monoisotopic (exact) mass is 433 g/mol. The molecule has 1 fully saturated rings. The summed E-state index contributed by atoms with van der Waals surface area (Å²) < 4.78 is 12.8. The summed E-state index contributed by atoms with van der Waals surface area (Å²) >= 11 is 0. The number of ketones is 1. The van der Waals surface area contributed by atoms with Crippen LogP contribution in [-0.4, -0.2) is 71.6 Å². The Labute approximate surface area is 175 Å². The maximum atomic E-state index is 13.0. The minimum Gasteiger partial charge on any atom is -0.481 e. The number of nitrogens with zero attached hydrogens (tertiary/aromatic N) is 3. The van der Waals surface area contributed by atoms with Crippen molar-refractivity contribution in [2.45, 2.75) is 12.5 Å². The first-order chi connectivity index (χ1) is 14.8. The van der Waals surface area contributed by atoms with Crippen molar-refractivity contribution >= 4 is 39.9 Å². The highest BCUT2D eigenvalue weighted by atomic mass is 19.1. The third-order valence-corrected chi connectivity index (χ3v) is 4.92. The van der Waals surface area contributed by atoms with E-state index < -0.39 is 41.7 Å². The van der Waals surface area contributed by atoms with Gasteiger partial charge < -0.3 is 20.6 Å². The molecule has 0 radical (unpaired) electrons. The molecule has 164 valence electrons. The van der Waals surface area contributed by atoms with Crippen LogP contribution in [0.15, 0.2) is 24.4 Å². The summed E-state index contributed by atoms with van der Waals surface area (Å²) in [7, 11) is 0. The van der Waals surface area contributed by atoms with Gasteiger partial charge in [-0.3, -0.25) is 29.5 Å². The number of nitro benzene ring substituents is 1. The number of carboxylic acid groups (broad SMARTS) is 1. The number of alkyl halides is 1. The van der Waals surface area contributed by atoms with Gasteiger partial charge in [-0.25, -0.2) is 4.39 Å². The second-order valence-corrected chi connectivity index (χ2v) is 6.94. The molecule has 0 bridgehead atoms. The van der Waals surface area contributed by atoms with E-state index in [2.05, 4.69) is 15.6 Å². The van der Waals surface area contributed by atoms with Gasteiger partial charge in [0, 0.05) is 49.9 Å². The van der Waals surface area contributed by atoms with E-state index in [1.54, 1.807) is 0 Å². The molecule has 12 heteroatoms. The Morgan fingerprint density at radius 2 is 2.03 bits per heavy atom. The van der Waals surface area contributed by atoms with Crippen molar-refractivity contribution in [3.05, 3.63) is 40.1 Å². The number of carbonyl (C=O) groups excluding carboxylic acids is 2. The summed E-state index contributed by atoms with van der Waals surface area (Å²) in [5, 5.41) is 26.0. The van der Waals surface area contributed by atoms with Gasteiger partial charge >= 0.3 is 5.97 Å². The number of halogens is 1. The van der Waals surface area contributed by atoms with Crippen LogP contribution < -0.4 is 15.5 Å². The van der Waals surface area contributed by atoms with Crippen LogP contribution in [0.3, 0.4) is 0 Å². The fourth-order valence-corrected chi connectivity index (χ4v) is 3.43. The Hall–Kier alpha value is -3.67. The molecule has 1 atom stereocenters. The third-order valence-electron chi connectivity index (χ3n) is 4.92. The van der Waals surface area contributed by atoms with Crippen LogP contribution >= 0.6 is 0 Å². The maximum absolute atomic E-state index is 13.0. The number of piperazine rings is 1. The Kier molecular flexibility index (Phi) is 6.70. The molecule has 1 unspecified atom stereocenters. The molecule has 0 spiro atoms. The predicted octanol–water partition coefficient (Wildman–Crippen LogP) is 0.664. The van der Waals surface area contributed by atoms with E-state index in [0.29, 0.717) is 42.8 Å². The average Bonchev–Trinajstić information content (AvgIpc) is 2.76. The fraction of sp³-hybridized carbons (Fsp3) is 0.368. The highest BCUT2D eigenvalue weighted by Gasteiger charge is 2.28. The number of carboxylic acids is 1. The van der Waals surface area contributed by atoms with Crippen molar-refractivity contribution in [2.24, 2.45) is 0 Å². The Morgan fingerprint density at radius 3 is 2.65 bits per heavy atom. The smallest absolute Gasteiger partial charge is 0.305 e. The summed E-state index contributed by atoms with van der Waals surface area (Å²) in [6, 6.07) is 2.56. The van der Waals surface area contributed by atoms with Gasteiger partial charge in [-0.15, -0.1) is 0 Å². The zero-order valence-corrected chi connectivity index (χ0v) is 16.3. The number of aromatic nitrogens is 1. The van der Waals surface area contributed by atoms with Crippen LogP contribution in [0.25, 0.3) is 10.9 Å². The third kappa shape index (κ3) is 4.91. The predicted molar refractivity (Wildman–Crippen MR) is 108 cm³/mol. The molecule has 2 heterocycles. The van der Waals surface area contributed by atoms with Gasteiger partial charge in [-0.2, -0.15) is 0 Å². The summed E-state index contributed by atoms with van der Waals surface area (Å²) in [5.74, 6) is -3.20. The van der Waals surface area contributed by atoms with Gasteiger partial charge in [0.15, 0.2) is 5.78 Å². The molecule has 0 saturated carbocycles. The summed E-state index contributed by atoms with van der Waals surface area (Å²) in [5.41, 5.74) is 0.672. The van der Waals surface area contributed by atoms with Gasteiger partial charge in [-0.1, -0.05) is 0 Å². The van der Waals surface area contributed by atoms with Gasteiger partial charge in [-0.05, 0) is 6.07 Å². The number of hydrogen-bond donors (Lipinski definition) is 3. The number of hydrogen-bond acceptors (Lipinski definition) is 8. The van der Waals surface area contributed by atoms with Crippen molar-refractivity contribution in [1.82, 2.24) is 15.6 Å². The number of Topliss-reactive ketones (excluding diaryl/α,β-unsaturated/α-hetero) is 1. The van der Waals surface area contributed by atoms with Crippen LogP contribution in [0.4, 0.5) is 15.8 Å². The zero-order valence-electron chi connectivity index (χ0n) is 16.3. The second-order valence-electron chi connectivity index (χ2n) is 6.94. The zero-order chi connectivity index (χ0) is 22.5. The number of nitro groups is 1. The number of rotatable bonds is 8. The Balaban J connectivity index is 2.06. The molecule has 3 N–H and O–H groups in total. The molecule has 2 aromatic rings. The normalized spacial score (nSPS) is 14.8. The van der Waals surface area contributed by atoms with Crippen molar-refractivity contribution in [3.63, 3.8) is 0 Å². The van der Waals surface area contributed by atoms with E-state index in [1.807, 2.05) is 4.90 Å². The van der Waals surface area contributed by atoms with E-state index in [9.17, 15) is 28.9 Å². The second kappa shape index (κ2) is 9.43. The van der Waals surface area contributed by atoms with E-state index >= 15 is 0 Å². The molecule has 1 saturated heterocycles. The highest BCUT2D eigenvalue weighted by Crippen LogP contribution is 2.32. The van der Waals surface area contributed by atoms with Crippen molar-refractivity contribution < 1.29 is 28.8 Å². The molecule has 1 amide bonds. The first-order valence-corrected chi connectivity index (χ1v) is 9.46. The Bertz CT molecular complexity index is 1040. The van der Waals surface area contributed by atoms with Crippen LogP contribution in [0.2, 0.25) is 0 Å². The van der Waals surface area contributed by atoms with E-state index in [0.717, 1.165) is 0 Å². The molecule has 11 nitrogen and oxygen atoms in total. The first kappa shape index (κ1) is 22.0. The molecule has 3 rings (SSSR count). The minimum absolute atomic E-state index is 0.0605. The lowest BCUT2D eigenvalue weighted by atomic mass is 10.0. The van der Waals surface area contributed by atoms with Gasteiger partial charge in [0.05, 0.1) is 28.1 Å². The topological polar surface area (TPSA) is 155 Å². The number of non-ortho nitro benzene ring substituents is 1. The summed E-state index contributed by atoms with van der Waals surface area (Å²) in [6.07, 6.45) is 0.459. The molecule has 1 aromatic carbocycles. The SMILES string of the molecule is O=C(O)CC(NC(=O)c1cnc2cc([N+](=O)[O-])ccc2c1N1CCNCC1)C(=O)CF. The standard InChI is InChI=1S/C19H20FN5O6/c20-9-16(26)15(8-17(27)28)23-19(29)13-10-22-14-7-11(25(30)31)1-2-12(14)18(13)24-5-3-21-4-6-24/h1-2,7,10,15,21H,3-6,8-9H2,(H,23,29)(H,27,28). The van der Waals surface area contributed by atoms with Crippen molar-refractivity contribution in [3.8, 4) is 0 Å². The lowest BCUT2D eigenvalue weighted by Crippen LogP contribution is -2.46. The van der Waals surface area contributed by atoms with Gasteiger partial charge in [0.1, 0.15) is 12.7 Å².